The molecule has 0 saturated heterocycles. The van der Waals surface area contributed by atoms with E-state index in [0.29, 0.717) is 12.1 Å². The van der Waals surface area contributed by atoms with Crippen LogP contribution in [-0.4, -0.2) is 30.1 Å². The van der Waals surface area contributed by atoms with Gasteiger partial charge in [-0.15, -0.1) is 0 Å². The predicted octanol–water partition coefficient (Wildman–Crippen LogP) is 1.84. The van der Waals surface area contributed by atoms with Crippen molar-refractivity contribution in [3.05, 3.63) is 0 Å². The molecule has 14 heavy (non-hydrogen) atoms. The Kier molecular flexibility index (Phi) is 3.13. The molecule has 2 nitrogen and oxygen atoms in total. The van der Waals surface area contributed by atoms with Crippen LogP contribution in [-0.2, 0) is 0 Å². The van der Waals surface area contributed by atoms with Crippen LogP contribution < -0.4 is 5.73 Å². The Hall–Kier alpha value is -0.0800. The van der Waals surface area contributed by atoms with Crippen molar-refractivity contribution in [2.45, 2.75) is 51.6 Å². The quantitative estimate of drug-likeness (QED) is 0.702. The largest absolute Gasteiger partial charge is 0.326 e. The average molecular weight is 196 g/mol. The molecule has 0 aliphatic heterocycles. The van der Waals surface area contributed by atoms with Crippen LogP contribution in [0.5, 0.6) is 0 Å². The summed E-state index contributed by atoms with van der Waals surface area (Å²) < 4.78 is 0. The van der Waals surface area contributed by atoms with Crippen molar-refractivity contribution in [3.8, 4) is 0 Å². The van der Waals surface area contributed by atoms with Gasteiger partial charge in [0.15, 0.2) is 0 Å². The molecule has 0 aromatic rings. The van der Waals surface area contributed by atoms with Gasteiger partial charge < -0.3 is 5.73 Å². The summed E-state index contributed by atoms with van der Waals surface area (Å²) in [5, 5.41) is 0. The Balaban J connectivity index is 1.75. The lowest BCUT2D eigenvalue weighted by atomic mass is 10.1. The van der Waals surface area contributed by atoms with Gasteiger partial charge in [0.1, 0.15) is 0 Å². The summed E-state index contributed by atoms with van der Waals surface area (Å²) in [6, 6.07) is 1.11. The number of hydrogen-bond acceptors (Lipinski definition) is 2. The molecule has 2 N–H and O–H groups in total. The summed E-state index contributed by atoms with van der Waals surface area (Å²) in [6.07, 6.45) is 5.64. The van der Waals surface area contributed by atoms with Gasteiger partial charge in [-0.3, -0.25) is 4.90 Å². The Labute approximate surface area is 87.8 Å². The smallest absolute Gasteiger partial charge is 0.0196 e. The van der Waals surface area contributed by atoms with E-state index in [0.717, 1.165) is 18.4 Å². The monoisotopic (exact) mass is 196 g/mol. The molecule has 0 amide bonds. The third-order valence-electron chi connectivity index (χ3n) is 3.59. The van der Waals surface area contributed by atoms with Crippen molar-refractivity contribution >= 4 is 0 Å². The molecule has 0 spiro atoms. The van der Waals surface area contributed by atoms with Crippen molar-refractivity contribution < 1.29 is 0 Å². The number of rotatable bonds is 6. The van der Waals surface area contributed by atoms with Gasteiger partial charge in [0.25, 0.3) is 0 Å². The number of hydrogen-bond donors (Lipinski definition) is 1. The molecule has 2 aliphatic carbocycles. The molecule has 2 heteroatoms. The Morgan fingerprint density at radius 3 is 2.29 bits per heavy atom. The first-order valence-electron chi connectivity index (χ1n) is 6.16. The molecule has 0 aromatic heterocycles. The van der Waals surface area contributed by atoms with E-state index in [-0.39, 0.29) is 0 Å². The highest BCUT2D eigenvalue weighted by atomic mass is 15.2. The fraction of sp³-hybridized carbons (Fsp3) is 1.00. The van der Waals surface area contributed by atoms with Gasteiger partial charge >= 0.3 is 0 Å². The second-order valence-corrected chi connectivity index (χ2v) is 5.49. The van der Waals surface area contributed by atoms with Crippen molar-refractivity contribution in [1.29, 1.82) is 0 Å². The van der Waals surface area contributed by atoms with Crippen LogP contribution in [0.15, 0.2) is 0 Å². The fourth-order valence-corrected chi connectivity index (χ4v) is 2.07. The molecule has 2 saturated carbocycles. The summed E-state index contributed by atoms with van der Waals surface area (Å²) in [7, 11) is 0. The molecule has 2 rings (SSSR count). The second kappa shape index (κ2) is 4.19. The van der Waals surface area contributed by atoms with E-state index in [2.05, 4.69) is 18.7 Å². The van der Waals surface area contributed by atoms with Crippen LogP contribution >= 0.6 is 0 Å². The Morgan fingerprint density at radius 2 is 1.86 bits per heavy atom. The summed E-state index contributed by atoms with van der Waals surface area (Å²) >= 11 is 0. The first-order valence-corrected chi connectivity index (χ1v) is 6.16. The minimum Gasteiger partial charge on any atom is -0.326 e. The van der Waals surface area contributed by atoms with Gasteiger partial charge in [0.05, 0.1) is 0 Å². The maximum absolute atomic E-state index is 6.17. The molecule has 0 bridgehead atoms. The first-order chi connectivity index (χ1) is 6.66. The van der Waals surface area contributed by atoms with E-state index in [1.165, 1.54) is 32.2 Å². The standard InChI is InChI=1S/C12H24N2/c1-9(2)14(7-10-3-4-10)8-12(13)11-5-6-11/h9-12H,3-8,13H2,1-2H3. The molecule has 82 valence electrons. The SMILES string of the molecule is CC(C)N(CC1CC1)CC(N)C1CC1. The van der Waals surface area contributed by atoms with Crippen LogP contribution in [0.3, 0.4) is 0 Å². The van der Waals surface area contributed by atoms with Crippen molar-refractivity contribution in [2.24, 2.45) is 17.6 Å². The van der Waals surface area contributed by atoms with E-state index in [1.54, 1.807) is 0 Å². The lowest BCUT2D eigenvalue weighted by molar-refractivity contribution is 0.194. The maximum atomic E-state index is 6.17. The number of nitrogens with two attached hydrogens (primary N) is 1. The molecule has 0 aromatic carbocycles. The van der Waals surface area contributed by atoms with Crippen LogP contribution in [0, 0.1) is 11.8 Å². The highest BCUT2D eigenvalue weighted by Gasteiger charge is 2.32. The predicted molar refractivity (Wildman–Crippen MR) is 60.1 cm³/mol. The van der Waals surface area contributed by atoms with Crippen LogP contribution in [0.2, 0.25) is 0 Å². The highest BCUT2D eigenvalue weighted by Crippen LogP contribution is 2.33. The average Bonchev–Trinajstić information content (AvgIpc) is 2.98. The summed E-state index contributed by atoms with van der Waals surface area (Å²) in [6.45, 7) is 7.00. The molecular weight excluding hydrogens is 172 g/mol. The molecule has 2 fully saturated rings. The highest BCUT2D eigenvalue weighted by molar-refractivity contribution is 4.88. The van der Waals surface area contributed by atoms with E-state index in [1.807, 2.05) is 0 Å². The summed E-state index contributed by atoms with van der Waals surface area (Å²) in [5.41, 5.74) is 6.17. The topological polar surface area (TPSA) is 29.3 Å². The van der Waals surface area contributed by atoms with Gasteiger partial charge in [-0.1, -0.05) is 0 Å². The van der Waals surface area contributed by atoms with Gasteiger partial charge in [0, 0.05) is 25.2 Å². The van der Waals surface area contributed by atoms with Crippen LogP contribution in [0.25, 0.3) is 0 Å². The normalized spacial score (nSPS) is 24.6. The minimum absolute atomic E-state index is 0.441. The molecule has 1 atom stereocenters. The van der Waals surface area contributed by atoms with Gasteiger partial charge in [-0.2, -0.15) is 0 Å². The van der Waals surface area contributed by atoms with E-state index >= 15 is 0 Å². The lowest BCUT2D eigenvalue weighted by Gasteiger charge is -2.29. The van der Waals surface area contributed by atoms with E-state index in [4.69, 9.17) is 5.73 Å². The van der Waals surface area contributed by atoms with Gasteiger partial charge in [-0.05, 0) is 51.4 Å². The molecular formula is C12H24N2. The van der Waals surface area contributed by atoms with Crippen molar-refractivity contribution in [2.75, 3.05) is 13.1 Å². The first kappa shape index (κ1) is 10.4. The zero-order valence-electron chi connectivity index (χ0n) is 9.58. The Morgan fingerprint density at radius 1 is 1.21 bits per heavy atom. The molecule has 1 unspecified atom stereocenters. The van der Waals surface area contributed by atoms with Crippen molar-refractivity contribution in [1.82, 2.24) is 4.90 Å². The minimum atomic E-state index is 0.441. The van der Waals surface area contributed by atoms with Gasteiger partial charge in [-0.25, -0.2) is 0 Å². The third kappa shape index (κ3) is 2.96. The molecule has 0 radical (unpaired) electrons. The number of nitrogens with zero attached hydrogens (tertiary/aromatic N) is 1. The van der Waals surface area contributed by atoms with E-state index < -0.39 is 0 Å². The Bertz CT molecular complexity index is 183. The summed E-state index contributed by atoms with van der Waals surface area (Å²) in [4.78, 5) is 2.58. The second-order valence-electron chi connectivity index (χ2n) is 5.49. The maximum Gasteiger partial charge on any atom is 0.0196 e. The van der Waals surface area contributed by atoms with Crippen LogP contribution in [0.1, 0.15) is 39.5 Å². The third-order valence-corrected chi connectivity index (χ3v) is 3.59. The summed E-state index contributed by atoms with van der Waals surface area (Å²) in [5.74, 6) is 1.83. The van der Waals surface area contributed by atoms with Crippen LogP contribution in [0.4, 0.5) is 0 Å². The van der Waals surface area contributed by atoms with Crippen molar-refractivity contribution in [3.63, 3.8) is 0 Å². The molecule has 2 aliphatic rings. The zero-order chi connectivity index (χ0) is 10.1. The molecule has 0 heterocycles. The van der Waals surface area contributed by atoms with Gasteiger partial charge in [0.2, 0.25) is 0 Å². The lowest BCUT2D eigenvalue weighted by Crippen LogP contribution is -2.43. The fourth-order valence-electron chi connectivity index (χ4n) is 2.07. The van der Waals surface area contributed by atoms with E-state index in [9.17, 15) is 0 Å². The zero-order valence-corrected chi connectivity index (χ0v) is 9.58.